The van der Waals surface area contributed by atoms with Crippen molar-refractivity contribution in [2.75, 3.05) is 6.61 Å². The van der Waals surface area contributed by atoms with Crippen molar-refractivity contribution in [2.45, 2.75) is 46.1 Å². The molecule has 96 valence electrons. The predicted molar refractivity (Wildman–Crippen MR) is 69.5 cm³/mol. The molecule has 0 aromatic carbocycles. The Morgan fingerprint density at radius 1 is 1.47 bits per heavy atom. The number of rotatable bonds is 2. The molecule has 0 amide bonds. The Bertz CT molecular complexity index is 354. The highest BCUT2D eigenvalue weighted by molar-refractivity contribution is 5.42. The first-order valence-electron chi connectivity index (χ1n) is 6.69. The molecule has 17 heavy (non-hydrogen) atoms. The van der Waals surface area contributed by atoms with E-state index in [1.807, 2.05) is 6.08 Å². The maximum absolute atomic E-state index is 10.2. The summed E-state index contributed by atoms with van der Waals surface area (Å²) >= 11 is 0. The minimum Gasteiger partial charge on any atom is -0.392 e. The van der Waals surface area contributed by atoms with Gasteiger partial charge in [-0.25, -0.2) is 0 Å². The van der Waals surface area contributed by atoms with Crippen LogP contribution < -0.4 is 0 Å². The van der Waals surface area contributed by atoms with Gasteiger partial charge in [0.25, 0.3) is 0 Å². The maximum atomic E-state index is 10.2. The van der Waals surface area contributed by atoms with Gasteiger partial charge in [0.1, 0.15) is 0 Å². The third kappa shape index (κ3) is 2.09. The monoisotopic (exact) mass is 236 g/mol. The van der Waals surface area contributed by atoms with Gasteiger partial charge in [0.15, 0.2) is 0 Å². The van der Waals surface area contributed by atoms with Crippen molar-refractivity contribution in [3.8, 4) is 0 Å². The average molecular weight is 236 g/mol. The van der Waals surface area contributed by atoms with E-state index in [-0.39, 0.29) is 18.1 Å². The van der Waals surface area contributed by atoms with Crippen LogP contribution in [0.4, 0.5) is 0 Å². The minimum absolute atomic E-state index is 0.0962. The van der Waals surface area contributed by atoms with Crippen molar-refractivity contribution < 1.29 is 10.2 Å². The highest BCUT2D eigenvalue weighted by atomic mass is 16.3. The highest BCUT2D eigenvalue weighted by Crippen LogP contribution is 2.49. The number of fused-ring (bicyclic) bond motifs is 1. The van der Waals surface area contributed by atoms with Gasteiger partial charge in [-0.15, -0.1) is 0 Å². The molecule has 2 aliphatic carbocycles. The van der Waals surface area contributed by atoms with Crippen molar-refractivity contribution in [2.24, 2.45) is 17.3 Å². The first-order chi connectivity index (χ1) is 7.99. The third-order valence-corrected chi connectivity index (χ3v) is 4.69. The second-order valence-corrected chi connectivity index (χ2v) is 6.08. The quantitative estimate of drug-likeness (QED) is 0.774. The topological polar surface area (TPSA) is 40.5 Å². The summed E-state index contributed by atoms with van der Waals surface area (Å²) in [4.78, 5) is 0. The summed E-state index contributed by atoms with van der Waals surface area (Å²) in [5, 5.41) is 19.7. The second-order valence-electron chi connectivity index (χ2n) is 6.08. The summed E-state index contributed by atoms with van der Waals surface area (Å²) in [5.74, 6) is 1.21. The van der Waals surface area contributed by atoms with Crippen LogP contribution in [-0.4, -0.2) is 22.9 Å². The van der Waals surface area contributed by atoms with Crippen LogP contribution >= 0.6 is 0 Å². The molecule has 0 heterocycles. The van der Waals surface area contributed by atoms with E-state index >= 15 is 0 Å². The first kappa shape index (κ1) is 12.8. The lowest BCUT2D eigenvalue weighted by molar-refractivity contribution is 0.0431. The van der Waals surface area contributed by atoms with E-state index in [2.05, 4.69) is 26.8 Å². The van der Waals surface area contributed by atoms with Gasteiger partial charge < -0.3 is 10.2 Å². The van der Waals surface area contributed by atoms with E-state index in [4.69, 9.17) is 0 Å². The van der Waals surface area contributed by atoms with Gasteiger partial charge in [-0.1, -0.05) is 32.9 Å². The van der Waals surface area contributed by atoms with Gasteiger partial charge in [0, 0.05) is 5.41 Å². The third-order valence-electron chi connectivity index (χ3n) is 4.69. The Hall–Kier alpha value is -0.600. The fourth-order valence-corrected chi connectivity index (χ4v) is 3.21. The van der Waals surface area contributed by atoms with Crippen LogP contribution in [0.25, 0.3) is 0 Å². The Labute approximate surface area is 104 Å². The number of aliphatic hydroxyl groups is 2. The lowest BCUT2D eigenvalue weighted by atomic mass is 9.61. The Kier molecular flexibility index (Phi) is 3.46. The Balaban J connectivity index is 2.40. The summed E-state index contributed by atoms with van der Waals surface area (Å²) < 4.78 is 0. The van der Waals surface area contributed by atoms with Crippen LogP contribution in [0.2, 0.25) is 0 Å². The van der Waals surface area contributed by atoms with E-state index in [9.17, 15) is 10.2 Å². The molecule has 0 saturated heterocycles. The van der Waals surface area contributed by atoms with Gasteiger partial charge in [-0.05, 0) is 42.2 Å². The largest absolute Gasteiger partial charge is 0.392 e. The number of hydrogen-bond acceptors (Lipinski definition) is 2. The number of aliphatic hydroxyl groups excluding tert-OH is 2. The standard InChI is InChI=1S/C15H24O2/c1-10(2)11-6-7-15(3)13(8-11)12(9-16)4-5-14(15)17/h4,8,10-11,14,16-17H,5-7,9H2,1-3H3. The fraction of sp³-hybridized carbons (Fsp3) is 0.733. The predicted octanol–water partition coefficient (Wildman–Crippen LogP) is 2.67. The van der Waals surface area contributed by atoms with Crippen molar-refractivity contribution >= 4 is 0 Å². The van der Waals surface area contributed by atoms with Gasteiger partial charge in [-0.3, -0.25) is 0 Å². The molecule has 2 heteroatoms. The van der Waals surface area contributed by atoms with Crippen LogP contribution in [0.1, 0.15) is 40.0 Å². The van der Waals surface area contributed by atoms with Crippen LogP contribution in [0.15, 0.2) is 23.3 Å². The molecule has 2 rings (SSSR count). The van der Waals surface area contributed by atoms with Gasteiger partial charge in [-0.2, -0.15) is 0 Å². The second kappa shape index (κ2) is 4.58. The maximum Gasteiger partial charge on any atom is 0.0681 e. The molecule has 0 radical (unpaired) electrons. The molecular weight excluding hydrogens is 212 g/mol. The normalized spacial score (nSPS) is 37.5. The molecule has 3 atom stereocenters. The van der Waals surface area contributed by atoms with E-state index in [0.717, 1.165) is 18.4 Å². The molecule has 2 aliphatic rings. The molecule has 2 N–H and O–H groups in total. The van der Waals surface area contributed by atoms with Gasteiger partial charge in [0.2, 0.25) is 0 Å². The first-order valence-corrected chi connectivity index (χ1v) is 6.69. The van der Waals surface area contributed by atoms with Crippen molar-refractivity contribution in [3.05, 3.63) is 23.3 Å². The lowest BCUT2D eigenvalue weighted by Crippen LogP contribution is -2.41. The zero-order valence-corrected chi connectivity index (χ0v) is 11.1. The van der Waals surface area contributed by atoms with Crippen molar-refractivity contribution in [3.63, 3.8) is 0 Å². The van der Waals surface area contributed by atoms with Crippen LogP contribution in [0, 0.1) is 17.3 Å². The molecule has 0 saturated carbocycles. The van der Waals surface area contributed by atoms with E-state index in [1.54, 1.807) is 0 Å². The SMILES string of the molecule is CC(C)C1C=C2C(CO)=CCC(O)C2(C)CC1. The fourth-order valence-electron chi connectivity index (χ4n) is 3.21. The van der Waals surface area contributed by atoms with Crippen LogP contribution in [0.5, 0.6) is 0 Å². The van der Waals surface area contributed by atoms with Gasteiger partial charge >= 0.3 is 0 Å². The van der Waals surface area contributed by atoms with E-state index in [0.29, 0.717) is 18.3 Å². The lowest BCUT2D eigenvalue weighted by Gasteiger charge is -2.45. The molecule has 0 bridgehead atoms. The summed E-state index contributed by atoms with van der Waals surface area (Å²) in [6.45, 7) is 6.72. The van der Waals surface area contributed by atoms with Crippen LogP contribution in [0.3, 0.4) is 0 Å². The number of allylic oxidation sites excluding steroid dienone is 1. The van der Waals surface area contributed by atoms with Crippen molar-refractivity contribution in [1.29, 1.82) is 0 Å². The highest BCUT2D eigenvalue weighted by Gasteiger charge is 2.43. The molecule has 0 spiro atoms. The average Bonchev–Trinajstić information content (AvgIpc) is 2.30. The van der Waals surface area contributed by atoms with Crippen LogP contribution in [-0.2, 0) is 0 Å². The summed E-state index contributed by atoms with van der Waals surface area (Å²) in [5.41, 5.74) is 2.09. The molecule has 0 fully saturated rings. The zero-order chi connectivity index (χ0) is 12.6. The van der Waals surface area contributed by atoms with Crippen molar-refractivity contribution in [1.82, 2.24) is 0 Å². The molecule has 0 aromatic rings. The molecule has 0 aliphatic heterocycles. The molecule has 2 nitrogen and oxygen atoms in total. The molecular formula is C15H24O2. The minimum atomic E-state index is -0.294. The Morgan fingerprint density at radius 2 is 2.18 bits per heavy atom. The van der Waals surface area contributed by atoms with E-state index in [1.165, 1.54) is 5.57 Å². The number of hydrogen-bond donors (Lipinski definition) is 2. The van der Waals surface area contributed by atoms with E-state index < -0.39 is 0 Å². The smallest absolute Gasteiger partial charge is 0.0681 e. The van der Waals surface area contributed by atoms with Gasteiger partial charge in [0.05, 0.1) is 12.7 Å². The summed E-state index contributed by atoms with van der Waals surface area (Å²) in [6.07, 6.45) is 6.86. The summed E-state index contributed by atoms with van der Waals surface area (Å²) in [6, 6.07) is 0. The molecule has 0 aromatic heterocycles. The zero-order valence-electron chi connectivity index (χ0n) is 11.1. The Morgan fingerprint density at radius 3 is 2.76 bits per heavy atom. The molecule has 3 unspecified atom stereocenters. The summed E-state index contributed by atoms with van der Waals surface area (Å²) in [7, 11) is 0.